The Labute approximate surface area is 157 Å². The van der Waals surface area contributed by atoms with Gasteiger partial charge in [0.2, 0.25) is 5.95 Å². The Bertz CT molecular complexity index is 857. The van der Waals surface area contributed by atoms with Gasteiger partial charge < -0.3 is 9.64 Å². The quantitative estimate of drug-likeness (QED) is 0.704. The van der Waals surface area contributed by atoms with Crippen LogP contribution in [-0.4, -0.2) is 34.6 Å². The first-order chi connectivity index (χ1) is 12.8. The van der Waals surface area contributed by atoms with Gasteiger partial charge in [-0.25, -0.2) is 9.97 Å². The number of ether oxygens (including phenoxy) is 1. The molecule has 26 heavy (non-hydrogen) atoms. The first kappa shape index (κ1) is 16.9. The van der Waals surface area contributed by atoms with Crippen LogP contribution < -0.4 is 4.90 Å². The van der Waals surface area contributed by atoms with Crippen molar-refractivity contribution >= 4 is 17.5 Å². The van der Waals surface area contributed by atoms with Crippen molar-refractivity contribution in [2.75, 3.05) is 24.6 Å². The number of benzene rings is 1. The van der Waals surface area contributed by atoms with Gasteiger partial charge in [-0.1, -0.05) is 35.9 Å². The lowest BCUT2D eigenvalue weighted by molar-refractivity contribution is 0.0364. The standard InChI is InChI=1S/C20H19ClN4O/c21-17-5-2-1-4-16(17)12-15-6-7-18(24-13-15)19-14-25(10-11-26-19)20-22-8-3-9-23-20/h1-9,13,19H,10-12,14H2/t19-/m1/s1. The Morgan fingerprint density at radius 1 is 1.04 bits per heavy atom. The van der Waals surface area contributed by atoms with E-state index in [-0.39, 0.29) is 6.10 Å². The molecule has 0 unspecified atom stereocenters. The Kier molecular flexibility index (Phi) is 5.09. The highest BCUT2D eigenvalue weighted by atomic mass is 35.5. The van der Waals surface area contributed by atoms with Gasteiger partial charge in [0.25, 0.3) is 0 Å². The van der Waals surface area contributed by atoms with Crippen molar-refractivity contribution in [3.05, 3.63) is 82.9 Å². The number of hydrogen-bond acceptors (Lipinski definition) is 5. The summed E-state index contributed by atoms with van der Waals surface area (Å²) < 4.78 is 5.91. The van der Waals surface area contributed by atoms with Crippen LogP contribution in [0.25, 0.3) is 0 Å². The van der Waals surface area contributed by atoms with Gasteiger partial charge in [-0.15, -0.1) is 0 Å². The number of aromatic nitrogens is 3. The number of morpholine rings is 1. The molecule has 1 aliphatic heterocycles. The van der Waals surface area contributed by atoms with Crippen molar-refractivity contribution < 1.29 is 4.74 Å². The first-order valence-corrected chi connectivity index (χ1v) is 8.99. The Balaban J connectivity index is 1.45. The first-order valence-electron chi connectivity index (χ1n) is 8.61. The second kappa shape index (κ2) is 7.81. The maximum atomic E-state index is 6.24. The summed E-state index contributed by atoms with van der Waals surface area (Å²) in [5.74, 6) is 0.733. The molecular formula is C20H19ClN4O. The maximum Gasteiger partial charge on any atom is 0.225 e. The number of pyridine rings is 1. The molecule has 0 radical (unpaired) electrons. The highest BCUT2D eigenvalue weighted by molar-refractivity contribution is 6.31. The molecule has 5 nitrogen and oxygen atoms in total. The molecule has 3 aromatic rings. The van der Waals surface area contributed by atoms with E-state index in [4.69, 9.17) is 16.3 Å². The molecule has 0 saturated carbocycles. The Morgan fingerprint density at radius 2 is 1.88 bits per heavy atom. The minimum Gasteiger partial charge on any atom is -0.368 e. The zero-order valence-corrected chi connectivity index (χ0v) is 15.0. The van der Waals surface area contributed by atoms with Crippen molar-refractivity contribution in [2.24, 2.45) is 0 Å². The number of nitrogens with zero attached hydrogens (tertiary/aromatic N) is 4. The molecule has 1 aromatic carbocycles. The fourth-order valence-electron chi connectivity index (χ4n) is 3.06. The predicted molar refractivity (Wildman–Crippen MR) is 101 cm³/mol. The number of halogens is 1. The summed E-state index contributed by atoms with van der Waals surface area (Å²) in [6.07, 6.45) is 6.10. The van der Waals surface area contributed by atoms with Gasteiger partial charge in [0.15, 0.2) is 0 Å². The van der Waals surface area contributed by atoms with Crippen LogP contribution in [0.3, 0.4) is 0 Å². The SMILES string of the molecule is Clc1ccccc1Cc1ccc([C@H]2CN(c3ncccn3)CCO2)nc1. The molecule has 1 atom stereocenters. The molecule has 4 rings (SSSR count). The lowest BCUT2D eigenvalue weighted by Gasteiger charge is -2.32. The van der Waals surface area contributed by atoms with Crippen LogP contribution >= 0.6 is 11.6 Å². The van der Waals surface area contributed by atoms with E-state index in [1.165, 1.54) is 0 Å². The van der Waals surface area contributed by atoms with Crippen molar-refractivity contribution in [1.82, 2.24) is 15.0 Å². The fourth-order valence-corrected chi connectivity index (χ4v) is 3.26. The minimum absolute atomic E-state index is 0.0816. The molecule has 2 aromatic heterocycles. The zero-order valence-electron chi connectivity index (χ0n) is 14.3. The van der Waals surface area contributed by atoms with E-state index in [0.717, 1.165) is 40.8 Å². The van der Waals surface area contributed by atoms with Gasteiger partial charge in [-0.3, -0.25) is 4.98 Å². The lowest BCUT2D eigenvalue weighted by atomic mass is 10.1. The highest BCUT2D eigenvalue weighted by Crippen LogP contribution is 2.24. The summed E-state index contributed by atoms with van der Waals surface area (Å²) in [7, 11) is 0. The van der Waals surface area contributed by atoms with Gasteiger partial charge in [0.1, 0.15) is 6.10 Å². The molecule has 0 aliphatic carbocycles. The molecule has 6 heteroatoms. The van der Waals surface area contributed by atoms with Gasteiger partial charge in [0, 0.05) is 36.6 Å². The summed E-state index contributed by atoms with van der Waals surface area (Å²) in [4.78, 5) is 15.4. The van der Waals surface area contributed by atoms with E-state index in [2.05, 4.69) is 25.9 Å². The molecule has 1 aliphatic rings. The van der Waals surface area contributed by atoms with Crippen LogP contribution in [0.1, 0.15) is 22.9 Å². The monoisotopic (exact) mass is 366 g/mol. The van der Waals surface area contributed by atoms with Gasteiger partial charge in [-0.05, 0) is 29.3 Å². The van der Waals surface area contributed by atoms with Crippen molar-refractivity contribution in [2.45, 2.75) is 12.5 Å². The van der Waals surface area contributed by atoms with E-state index >= 15 is 0 Å². The van der Waals surface area contributed by atoms with Crippen LogP contribution in [0.2, 0.25) is 5.02 Å². The summed E-state index contributed by atoms with van der Waals surface area (Å²) in [5.41, 5.74) is 3.15. The van der Waals surface area contributed by atoms with Gasteiger partial charge in [-0.2, -0.15) is 0 Å². The third-order valence-electron chi connectivity index (χ3n) is 4.43. The van der Waals surface area contributed by atoms with Crippen LogP contribution in [0.15, 0.2) is 61.1 Å². The second-order valence-electron chi connectivity index (χ2n) is 6.21. The fraction of sp³-hybridized carbons (Fsp3) is 0.250. The molecule has 1 fully saturated rings. The molecule has 132 valence electrons. The average Bonchev–Trinajstić information content (AvgIpc) is 2.71. The largest absolute Gasteiger partial charge is 0.368 e. The number of hydrogen-bond donors (Lipinski definition) is 0. The Morgan fingerprint density at radius 3 is 2.65 bits per heavy atom. The molecule has 0 N–H and O–H groups in total. The van der Waals surface area contributed by atoms with E-state index in [1.54, 1.807) is 12.4 Å². The molecule has 1 saturated heterocycles. The highest BCUT2D eigenvalue weighted by Gasteiger charge is 2.24. The lowest BCUT2D eigenvalue weighted by Crippen LogP contribution is -2.39. The zero-order chi connectivity index (χ0) is 17.8. The van der Waals surface area contributed by atoms with Gasteiger partial charge in [0.05, 0.1) is 18.8 Å². The van der Waals surface area contributed by atoms with Crippen LogP contribution in [0, 0.1) is 0 Å². The minimum atomic E-state index is -0.0816. The molecule has 0 amide bonds. The summed E-state index contributed by atoms with van der Waals surface area (Å²) in [6.45, 7) is 2.11. The maximum absolute atomic E-state index is 6.24. The predicted octanol–water partition coefficient (Wildman–Crippen LogP) is 3.69. The topological polar surface area (TPSA) is 51.1 Å². The summed E-state index contributed by atoms with van der Waals surface area (Å²) >= 11 is 6.24. The third kappa shape index (κ3) is 3.84. The van der Waals surface area contributed by atoms with Crippen LogP contribution in [0.5, 0.6) is 0 Å². The van der Waals surface area contributed by atoms with E-state index in [0.29, 0.717) is 13.2 Å². The second-order valence-corrected chi connectivity index (χ2v) is 6.62. The molecule has 0 spiro atoms. The van der Waals surface area contributed by atoms with Crippen molar-refractivity contribution in [3.8, 4) is 0 Å². The van der Waals surface area contributed by atoms with Crippen LogP contribution in [-0.2, 0) is 11.2 Å². The molecular weight excluding hydrogens is 348 g/mol. The number of anilines is 1. The van der Waals surface area contributed by atoms with Crippen molar-refractivity contribution in [1.29, 1.82) is 0 Å². The summed E-state index contributed by atoms with van der Waals surface area (Å²) in [6, 6.07) is 13.8. The normalized spacial score (nSPS) is 17.3. The number of rotatable bonds is 4. The van der Waals surface area contributed by atoms with E-state index in [1.807, 2.05) is 42.6 Å². The van der Waals surface area contributed by atoms with Crippen molar-refractivity contribution in [3.63, 3.8) is 0 Å². The molecule has 0 bridgehead atoms. The summed E-state index contributed by atoms with van der Waals surface area (Å²) in [5, 5.41) is 0.783. The average molecular weight is 367 g/mol. The van der Waals surface area contributed by atoms with E-state index in [9.17, 15) is 0 Å². The third-order valence-corrected chi connectivity index (χ3v) is 4.80. The Hall–Kier alpha value is -2.50. The smallest absolute Gasteiger partial charge is 0.225 e. The van der Waals surface area contributed by atoms with Crippen LogP contribution in [0.4, 0.5) is 5.95 Å². The molecule has 3 heterocycles. The van der Waals surface area contributed by atoms with E-state index < -0.39 is 0 Å². The van der Waals surface area contributed by atoms with Gasteiger partial charge >= 0.3 is 0 Å².